The van der Waals surface area contributed by atoms with E-state index >= 15 is 0 Å². The van der Waals surface area contributed by atoms with Crippen LogP contribution in [0.5, 0.6) is 0 Å². The normalized spacial score (nSPS) is 16.9. The van der Waals surface area contributed by atoms with E-state index in [1.807, 2.05) is 6.92 Å². The molecule has 0 aliphatic carbocycles. The monoisotopic (exact) mass is 160 g/mol. The molecule has 0 aromatic heterocycles. The van der Waals surface area contributed by atoms with E-state index in [4.69, 9.17) is 5.41 Å². The van der Waals surface area contributed by atoms with Gasteiger partial charge in [0.15, 0.2) is 0 Å². The molecule has 0 fully saturated rings. The van der Waals surface area contributed by atoms with Gasteiger partial charge in [-0.1, -0.05) is 26.7 Å². The Balaban J connectivity index is 3.92. The van der Waals surface area contributed by atoms with Crippen molar-refractivity contribution in [3.05, 3.63) is 0 Å². The second-order valence-corrected chi connectivity index (χ2v) is 3.50. The highest BCUT2D eigenvalue weighted by atomic mass is 32.1. The quantitative estimate of drug-likeness (QED) is 0.426. The number of hydrogen-bond acceptors (Lipinski definition) is 3. The summed E-state index contributed by atoms with van der Waals surface area (Å²) in [7, 11) is 0. The van der Waals surface area contributed by atoms with Gasteiger partial charge in [-0.3, -0.25) is 4.72 Å². The molecule has 0 heterocycles. The highest BCUT2D eigenvalue weighted by molar-refractivity contribution is 7.78. The highest BCUT2D eigenvalue weighted by Gasteiger charge is 2.19. The van der Waals surface area contributed by atoms with Crippen molar-refractivity contribution in [1.82, 2.24) is 4.72 Å². The summed E-state index contributed by atoms with van der Waals surface area (Å²) in [4.78, 5) is 0. The van der Waals surface area contributed by atoms with Crippen LogP contribution in [0.25, 0.3) is 0 Å². The summed E-state index contributed by atoms with van der Waals surface area (Å²) >= 11 is 3.95. The fourth-order valence-electron chi connectivity index (χ4n) is 0.985. The summed E-state index contributed by atoms with van der Waals surface area (Å²) in [5.41, 5.74) is -0.239. The molecule has 1 atom stereocenters. The SMILES string of the molecule is CC(C)C[C@](C)(C=N)NS. The van der Waals surface area contributed by atoms with Crippen LogP contribution in [0.3, 0.4) is 0 Å². The van der Waals surface area contributed by atoms with Crippen LogP contribution >= 0.6 is 12.8 Å². The van der Waals surface area contributed by atoms with Gasteiger partial charge in [0.05, 0.1) is 5.54 Å². The number of nitrogens with one attached hydrogen (secondary N) is 2. The molecule has 0 bridgehead atoms. The van der Waals surface area contributed by atoms with E-state index in [2.05, 4.69) is 31.4 Å². The maximum Gasteiger partial charge on any atom is 0.0598 e. The van der Waals surface area contributed by atoms with E-state index < -0.39 is 0 Å². The lowest BCUT2D eigenvalue weighted by Crippen LogP contribution is -2.39. The zero-order valence-electron chi connectivity index (χ0n) is 6.81. The molecule has 0 aliphatic rings. The minimum atomic E-state index is -0.239. The Kier molecular flexibility index (Phi) is 3.98. The molecule has 0 aromatic rings. The van der Waals surface area contributed by atoms with Crippen LogP contribution in [0.1, 0.15) is 27.2 Å². The summed E-state index contributed by atoms with van der Waals surface area (Å²) in [5, 5.41) is 7.11. The van der Waals surface area contributed by atoms with E-state index in [0.29, 0.717) is 5.92 Å². The van der Waals surface area contributed by atoms with E-state index in [-0.39, 0.29) is 5.54 Å². The Morgan fingerprint density at radius 1 is 1.70 bits per heavy atom. The predicted molar refractivity (Wildman–Crippen MR) is 48.8 cm³/mol. The lowest BCUT2D eigenvalue weighted by Gasteiger charge is -2.24. The molecule has 0 amide bonds. The Morgan fingerprint density at radius 3 is 2.30 bits per heavy atom. The molecule has 0 rings (SSSR count). The van der Waals surface area contributed by atoms with Crippen LogP contribution in [0.2, 0.25) is 0 Å². The van der Waals surface area contributed by atoms with Crippen LogP contribution in [0.4, 0.5) is 0 Å². The summed E-state index contributed by atoms with van der Waals surface area (Å²) in [6, 6.07) is 0. The average Bonchev–Trinajstić information content (AvgIpc) is 1.87. The zero-order valence-corrected chi connectivity index (χ0v) is 7.70. The van der Waals surface area contributed by atoms with Gasteiger partial charge in [-0.15, -0.1) is 0 Å². The third-order valence-corrected chi connectivity index (χ3v) is 1.92. The van der Waals surface area contributed by atoms with Gasteiger partial charge < -0.3 is 5.41 Å². The van der Waals surface area contributed by atoms with Crippen molar-refractivity contribution in [3.8, 4) is 0 Å². The predicted octanol–water partition coefficient (Wildman–Crippen LogP) is 1.88. The summed E-state index contributed by atoms with van der Waals surface area (Å²) in [6.45, 7) is 6.23. The summed E-state index contributed by atoms with van der Waals surface area (Å²) in [5.74, 6) is 0.589. The summed E-state index contributed by atoms with van der Waals surface area (Å²) in [6.07, 6.45) is 2.35. The van der Waals surface area contributed by atoms with Gasteiger partial charge >= 0.3 is 0 Å². The van der Waals surface area contributed by atoms with Gasteiger partial charge in [0.1, 0.15) is 0 Å². The molecule has 10 heavy (non-hydrogen) atoms. The van der Waals surface area contributed by atoms with Crippen molar-refractivity contribution in [2.75, 3.05) is 0 Å². The number of hydrogen-bond donors (Lipinski definition) is 3. The topological polar surface area (TPSA) is 35.9 Å². The Hall–Kier alpha value is -0.0200. The summed E-state index contributed by atoms with van der Waals surface area (Å²) < 4.78 is 2.81. The van der Waals surface area contributed by atoms with Crippen LogP contribution in [0.15, 0.2) is 0 Å². The molecule has 0 saturated carbocycles. The van der Waals surface area contributed by atoms with Crippen LogP contribution in [-0.2, 0) is 0 Å². The smallest absolute Gasteiger partial charge is 0.0598 e. The van der Waals surface area contributed by atoms with Crippen LogP contribution in [0, 0.1) is 11.3 Å². The van der Waals surface area contributed by atoms with Crippen LogP contribution in [-0.4, -0.2) is 11.8 Å². The minimum Gasteiger partial charge on any atom is -0.311 e. The molecule has 0 saturated heterocycles. The van der Waals surface area contributed by atoms with Crippen molar-refractivity contribution in [3.63, 3.8) is 0 Å². The van der Waals surface area contributed by atoms with Crippen molar-refractivity contribution in [2.45, 2.75) is 32.7 Å². The molecule has 2 N–H and O–H groups in total. The third-order valence-electron chi connectivity index (χ3n) is 1.41. The molecular formula is C7H16N2S. The van der Waals surface area contributed by atoms with Crippen molar-refractivity contribution in [1.29, 1.82) is 5.41 Å². The maximum atomic E-state index is 7.11. The first-order chi connectivity index (χ1) is 4.54. The van der Waals surface area contributed by atoms with Gasteiger partial charge in [-0.25, -0.2) is 0 Å². The first-order valence-corrected chi connectivity index (χ1v) is 3.91. The molecule has 3 heteroatoms. The van der Waals surface area contributed by atoms with Gasteiger partial charge in [-0.2, -0.15) is 0 Å². The Bertz CT molecular complexity index is 114. The molecular weight excluding hydrogens is 144 g/mol. The van der Waals surface area contributed by atoms with Gasteiger partial charge in [0.25, 0.3) is 0 Å². The molecule has 60 valence electrons. The van der Waals surface area contributed by atoms with Crippen molar-refractivity contribution < 1.29 is 0 Å². The second kappa shape index (κ2) is 3.98. The Labute approximate surface area is 68.5 Å². The van der Waals surface area contributed by atoms with Crippen LogP contribution < -0.4 is 4.72 Å². The van der Waals surface area contributed by atoms with E-state index in [1.165, 1.54) is 6.21 Å². The van der Waals surface area contributed by atoms with Gasteiger partial charge in [-0.05, 0) is 19.3 Å². The molecule has 2 nitrogen and oxygen atoms in total. The molecule has 0 spiro atoms. The van der Waals surface area contributed by atoms with E-state index in [0.717, 1.165) is 6.42 Å². The van der Waals surface area contributed by atoms with Crippen molar-refractivity contribution >= 4 is 19.0 Å². The lowest BCUT2D eigenvalue weighted by atomic mass is 9.93. The second-order valence-electron chi connectivity index (χ2n) is 3.27. The van der Waals surface area contributed by atoms with E-state index in [1.54, 1.807) is 0 Å². The first-order valence-electron chi connectivity index (χ1n) is 3.47. The van der Waals surface area contributed by atoms with Crippen molar-refractivity contribution in [2.24, 2.45) is 5.92 Å². The highest BCUT2D eigenvalue weighted by Crippen LogP contribution is 2.14. The molecule has 0 unspecified atom stereocenters. The fraction of sp³-hybridized carbons (Fsp3) is 0.857. The van der Waals surface area contributed by atoms with E-state index in [9.17, 15) is 0 Å². The number of rotatable bonds is 4. The first kappa shape index (κ1) is 9.98. The molecule has 0 radical (unpaired) electrons. The Morgan fingerprint density at radius 2 is 2.20 bits per heavy atom. The maximum absolute atomic E-state index is 7.11. The lowest BCUT2D eigenvalue weighted by molar-refractivity contribution is 0.446. The fourth-order valence-corrected chi connectivity index (χ4v) is 1.14. The molecule has 0 aliphatic heterocycles. The average molecular weight is 160 g/mol. The standard InChI is InChI=1S/C7H16N2S/c1-6(2)4-7(3,5-8)9-10/h5-6,8-10H,4H2,1-3H3/t7-/m1/s1. The van der Waals surface area contributed by atoms with Gasteiger partial charge in [0.2, 0.25) is 0 Å². The zero-order chi connectivity index (χ0) is 8.20. The largest absolute Gasteiger partial charge is 0.311 e. The third kappa shape index (κ3) is 3.22. The molecule has 0 aromatic carbocycles. The van der Waals surface area contributed by atoms with Gasteiger partial charge in [0, 0.05) is 6.21 Å². The number of thiol groups is 1. The minimum absolute atomic E-state index is 0.239.